The molecule has 3 aromatic rings. The zero-order chi connectivity index (χ0) is 12.7. The molecule has 0 aliphatic heterocycles. The van der Waals surface area contributed by atoms with Crippen molar-refractivity contribution in [2.45, 2.75) is 0 Å². The monoisotopic (exact) mass is 261 g/mol. The molecule has 1 aromatic carbocycles. The third kappa shape index (κ3) is 1.68. The summed E-state index contributed by atoms with van der Waals surface area (Å²) in [6.07, 6.45) is 0. The first-order chi connectivity index (χ1) is 8.63. The maximum Gasteiger partial charge on any atom is 0.290 e. The van der Waals surface area contributed by atoms with E-state index in [4.69, 9.17) is 16.0 Å². The molecule has 0 radical (unpaired) electrons. The molecule has 1 amide bonds. The number of thiazole rings is 1. The Hall–Kier alpha value is -2.48. The maximum atomic E-state index is 10.9. The van der Waals surface area contributed by atoms with Crippen LogP contribution in [-0.2, 0) is 0 Å². The van der Waals surface area contributed by atoms with E-state index in [1.807, 2.05) is 6.07 Å². The van der Waals surface area contributed by atoms with Crippen LogP contribution in [0.25, 0.3) is 21.7 Å². The van der Waals surface area contributed by atoms with Crippen LogP contribution >= 0.6 is 11.3 Å². The van der Waals surface area contributed by atoms with Gasteiger partial charge in [0, 0.05) is 5.56 Å². The molecule has 3 rings (SSSR count). The molecule has 0 aliphatic rings. The number of nitrogen functional groups attached to an aromatic ring is 1. The summed E-state index contributed by atoms with van der Waals surface area (Å²) in [4.78, 5) is 18.9. The number of amides is 1. The average molecular weight is 261 g/mol. The van der Waals surface area contributed by atoms with E-state index in [0.717, 1.165) is 10.2 Å². The molecule has 2 aromatic heterocycles. The van der Waals surface area contributed by atoms with E-state index >= 15 is 0 Å². The highest BCUT2D eigenvalue weighted by Gasteiger charge is 2.13. The molecule has 0 atom stereocenters. The number of carbonyl (C=O) groups excluding carboxylic acids is 1. The van der Waals surface area contributed by atoms with Crippen molar-refractivity contribution in [2.75, 3.05) is 5.73 Å². The summed E-state index contributed by atoms with van der Waals surface area (Å²) in [7, 11) is 0. The second-order valence-corrected chi connectivity index (χ2v) is 4.58. The average Bonchev–Trinajstić information content (AvgIpc) is 2.91. The van der Waals surface area contributed by atoms with Crippen LogP contribution in [0.4, 0.5) is 5.13 Å². The number of anilines is 1. The molecule has 8 heteroatoms. The number of fused-ring (bicyclic) bond motifs is 1. The highest BCUT2D eigenvalue weighted by molar-refractivity contribution is 7.22. The van der Waals surface area contributed by atoms with Gasteiger partial charge in [0.25, 0.3) is 17.6 Å². The van der Waals surface area contributed by atoms with Gasteiger partial charge in [-0.2, -0.15) is 4.98 Å². The Morgan fingerprint density at radius 1 is 1.33 bits per heavy atom. The number of hydrogen-bond acceptors (Lipinski definition) is 7. The van der Waals surface area contributed by atoms with Gasteiger partial charge in [0.15, 0.2) is 5.13 Å². The minimum Gasteiger partial charge on any atom is -0.375 e. The van der Waals surface area contributed by atoms with Gasteiger partial charge in [-0.3, -0.25) is 4.79 Å². The summed E-state index contributed by atoms with van der Waals surface area (Å²) in [5, 5.41) is 3.97. The smallest absolute Gasteiger partial charge is 0.290 e. The van der Waals surface area contributed by atoms with Crippen LogP contribution < -0.4 is 11.5 Å². The van der Waals surface area contributed by atoms with E-state index in [9.17, 15) is 4.79 Å². The van der Waals surface area contributed by atoms with E-state index < -0.39 is 5.91 Å². The van der Waals surface area contributed by atoms with Gasteiger partial charge in [-0.25, -0.2) is 4.98 Å². The molecular weight excluding hydrogens is 254 g/mol. The number of rotatable bonds is 2. The molecular formula is C10H7N5O2S. The van der Waals surface area contributed by atoms with Crippen LogP contribution in [0.1, 0.15) is 10.6 Å². The van der Waals surface area contributed by atoms with Crippen molar-refractivity contribution in [3.63, 3.8) is 0 Å². The molecule has 7 nitrogen and oxygen atoms in total. The summed E-state index contributed by atoms with van der Waals surface area (Å²) in [6.45, 7) is 0. The SMILES string of the molecule is NC(=O)c1noc(-c2ccc3nc(N)sc3c2)n1. The summed E-state index contributed by atoms with van der Waals surface area (Å²) in [5.41, 5.74) is 12.2. The van der Waals surface area contributed by atoms with Crippen molar-refractivity contribution in [1.29, 1.82) is 0 Å². The van der Waals surface area contributed by atoms with E-state index in [1.54, 1.807) is 12.1 Å². The van der Waals surface area contributed by atoms with Crippen molar-refractivity contribution in [3.05, 3.63) is 24.0 Å². The van der Waals surface area contributed by atoms with Gasteiger partial charge in [0.05, 0.1) is 10.2 Å². The molecule has 0 bridgehead atoms. The molecule has 0 fully saturated rings. The highest BCUT2D eigenvalue weighted by atomic mass is 32.1. The van der Waals surface area contributed by atoms with Crippen molar-refractivity contribution in [3.8, 4) is 11.5 Å². The van der Waals surface area contributed by atoms with E-state index in [1.165, 1.54) is 11.3 Å². The van der Waals surface area contributed by atoms with Crippen LogP contribution in [0.15, 0.2) is 22.7 Å². The summed E-state index contributed by atoms with van der Waals surface area (Å²) >= 11 is 1.36. The normalized spacial score (nSPS) is 10.9. The lowest BCUT2D eigenvalue weighted by Gasteiger charge is -1.92. The van der Waals surface area contributed by atoms with Gasteiger partial charge in [0.2, 0.25) is 0 Å². The number of aromatic nitrogens is 3. The van der Waals surface area contributed by atoms with E-state index in [-0.39, 0.29) is 11.7 Å². The van der Waals surface area contributed by atoms with Crippen molar-refractivity contribution in [2.24, 2.45) is 5.73 Å². The fraction of sp³-hybridized carbons (Fsp3) is 0. The predicted molar refractivity (Wildman–Crippen MR) is 65.8 cm³/mol. The number of nitrogens with two attached hydrogens (primary N) is 2. The summed E-state index contributed by atoms with van der Waals surface area (Å²) in [5.74, 6) is -0.639. The number of primary amides is 1. The van der Waals surface area contributed by atoms with Gasteiger partial charge < -0.3 is 16.0 Å². The lowest BCUT2D eigenvalue weighted by atomic mass is 10.2. The molecule has 0 unspecified atom stereocenters. The predicted octanol–water partition coefficient (Wildman–Crippen LogP) is 1.03. The van der Waals surface area contributed by atoms with Crippen molar-refractivity contribution in [1.82, 2.24) is 15.1 Å². The molecule has 2 heterocycles. The quantitative estimate of drug-likeness (QED) is 0.710. The van der Waals surface area contributed by atoms with Gasteiger partial charge in [0.1, 0.15) is 0 Å². The molecule has 18 heavy (non-hydrogen) atoms. The van der Waals surface area contributed by atoms with Crippen molar-refractivity contribution >= 4 is 32.6 Å². The Morgan fingerprint density at radius 3 is 2.89 bits per heavy atom. The fourth-order valence-electron chi connectivity index (χ4n) is 1.52. The number of nitrogens with zero attached hydrogens (tertiary/aromatic N) is 3. The van der Waals surface area contributed by atoms with Crippen LogP contribution in [0.5, 0.6) is 0 Å². The number of benzene rings is 1. The first-order valence-electron chi connectivity index (χ1n) is 4.93. The Bertz CT molecular complexity index is 748. The minimum atomic E-state index is -0.729. The zero-order valence-corrected chi connectivity index (χ0v) is 9.77. The maximum absolute atomic E-state index is 10.9. The second-order valence-electron chi connectivity index (χ2n) is 3.52. The first-order valence-corrected chi connectivity index (χ1v) is 5.75. The molecule has 0 aliphatic carbocycles. The van der Waals surface area contributed by atoms with Crippen LogP contribution in [0.3, 0.4) is 0 Å². The van der Waals surface area contributed by atoms with Gasteiger partial charge in [-0.05, 0) is 18.2 Å². The lowest BCUT2D eigenvalue weighted by molar-refractivity contribution is 0.0987. The molecule has 0 spiro atoms. The van der Waals surface area contributed by atoms with Gasteiger partial charge >= 0.3 is 0 Å². The van der Waals surface area contributed by atoms with Gasteiger partial charge in [-0.15, -0.1) is 0 Å². The number of hydrogen-bond donors (Lipinski definition) is 2. The summed E-state index contributed by atoms with van der Waals surface area (Å²) < 4.78 is 5.87. The second kappa shape index (κ2) is 3.77. The van der Waals surface area contributed by atoms with Gasteiger partial charge in [-0.1, -0.05) is 16.5 Å². The summed E-state index contributed by atoms with van der Waals surface area (Å²) in [6, 6.07) is 5.38. The highest BCUT2D eigenvalue weighted by Crippen LogP contribution is 2.28. The molecule has 4 N–H and O–H groups in total. The number of carbonyl (C=O) groups is 1. The van der Waals surface area contributed by atoms with Crippen LogP contribution in [0, 0.1) is 0 Å². The standard InChI is InChI=1S/C10H7N5O2S/c11-7(16)8-14-9(17-15-8)4-1-2-5-6(3-4)18-10(12)13-5/h1-3H,(H2,11,16)(H2,12,13). The van der Waals surface area contributed by atoms with E-state index in [2.05, 4.69) is 15.1 Å². The fourth-order valence-corrected chi connectivity index (χ4v) is 2.29. The third-order valence-electron chi connectivity index (χ3n) is 2.30. The largest absolute Gasteiger partial charge is 0.375 e. The molecule has 0 saturated carbocycles. The lowest BCUT2D eigenvalue weighted by Crippen LogP contribution is -2.12. The Balaban J connectivity index is 2.09. The third-order valence-corrected chi connectivity index (χ3v) is 3.15. The minimum absolute atomic E-state index is 0.145. The molecule has 0 saturated heterocycles. The Labute approximate surface area is 104 Å². The first kappa shape index (κ1) is 10.7. The van der Waals surface area contributed by atoms with E-state index in [0.29, 0.717) is 10.7 Å². The van der Waals surface area contributed by atoms with Crippen LogP contribution in [0.2, 0.25) is 0 Å². The Morgan fingerprint density at radius 2 is 2.17 bits per heavy atom. The zero-order valence-electron chi connectivity index (χ0n) is 8.95. The Kier molecular flexibility index (Phi) is 2.23. The molecule has 90 valence electrons. The topological polar surface area (TPSA) is 121 Å². The van der Waals surface area contributed by atoms with Crippen molar-refractivity contribution < 1.29 is 9.32 Å². The van der Waals surface area contributed by atoms with Crippen LogP contribution in [-0.4, -0.2) is 21.0 Å².